The molecule has 0 aliphatic carbocycles. The highest BCUT2D eigenvalue weighted by Gasteiger charge is 2.50. The fourth-order valence-corrected chi connectivity index (χ4v) is 10.7. The van der Waals surface area contributed by atoms with Crippen LogP contribution in [0.15, 0.2) is 216 Å². The predicted molar refractivity (Wildman–Crippen MR) is 238 cm³/mol. The highest BCUT2D eigenvalue weighted by molar-refractivity contribution is 7.99. The average molecular weight is 759 g/mol. The topological polar surface area (TPSA) is 34.0 Å². The van der Waals surface area contributed by atoms with E-state index in [4.69, 9.17) is 9.97 Å². The summed E-state index contributed by atoms with van der Waals surface area (Å²) in [5, 5.41) is 2.37. The van der Waals surface area contributed by atoms with E-state index in [2.05, 4.69) is 191 Å². The van der Waals surface area contributed by atoms with Gasteiger partial charge in [0.25, 0.3) is 0 Å². The summed E-state index contributed by atoms with van der Waals surface area (Å²) in [6, 6.07) is 74.4. The number of anilines is 3. The minimum Gasteiger partial charge on any atom is -0.310 e. The fraction of sp³-hybridized carbons (Fsp3) is 0.0189. The van der Waals surface area contributed by atoms with Crippen molar-refractivity contribution < 1.29 is 0 Å². The van der Waals surface area contributed by atoms with E-state index in [0.29, 0.717) is 5.82 Å². The van der Waals surface area contributed by atoms with Crippen LogP contribution >= 0.6 is 11.8 Å². The zero-order chi connectivity index (χ0) is 38.2. The maximum atomic E-state index is 5.34. The lowest BCUT2D eigenvalue weighted by Crippen LogP contribution is -2.39. The number of benzene rings is 8. The van der Waals surface area contributed by atoms with E-state index in [-0.39, 0.29) is 0 Å². The third-order valence-electron chi connectivity index (χ3n) is 11.8. The maximum absolute atomic E-state index is 5.34. The van der Waals surface area contributed by atoms with E-state index in [1.807, 2.05) is 36.0 Å². The molecule has 58 heavy (non-hydrogen) atoms. The molecule has 2 aliphatic heterocycles. The second kappa shape index (κ2) is 12.9. The number of nitrogens with zero attached hydrogens (tertiary/aromatic N) is 4. The van der Waals surface area contributed by atoms with Gasteiger partial charge in [0.2, 0.25) is 0 Å². The number of hydrogen-bond donors (Lipinski definition) is 0. The summed E-state index contributed by atoms with van der Waals surface area (Å²) >= 11 is 1.87. The van der Waals surface area contributed by atoms with Crippen LogP contribution in [-0.2, 0) is 5.41 Å². The van der Waals surface area contributed by atoms with Gasteiger partial charge in [-0.1, -0.05) is 163 Å². The molecule has 4 heterocycles. The lowest BCUT2D eigenvalue weighted by molar-refractivity contribution is 0.693. The van der Waals surface area contributed by atoms with Crippen LogP contribution in [0.4, 0.5) is 17.1 Å². The van der Waals surface area contributed by atoms with Crippen molar-refractivity contribution in [2.75, 3.05) is 4.90 Å². The second-order valence-corrected chi connectivity index (χ2v) is 16.0. The number of aromatic nitrogens is 3. The van der Waals surface area contributed by atoms with Gasteiger partial charge in [0.05, 0.1) is 33.5 Å². The van der Waals surface area contributed by atoms with Gasteiger partial charge in [0, 0.05) is 43.4 Å². The molecule has 10 aromatic rings. The van der Waals surface area contributed by atoms with Crippen LogP contribution in [-0.4, -0.2) is 14.5 Å². The summed E-state index contributed by atoms with van der Waals surface area (Å²) in [4.78, 5) is 15.4. The number of rotatable bonds is 4. The molecule has 0 amide bonds. The minimum absolute atomic E-state index is 0.580. The molecule has 0 bridgehead atoms. The second-order valence-electron chi connectivity index (χ2n) is 14.9. The first kappa shape index (κ1) is 33.0. The van der Waals surface area contributed by atoms with Gasteiger partial charge >= 0.3 is 0 Å². The molecule has 0 unspecified atom stereocenters. The lowest BCUT2D eigenvalue weighted by Gasteiger charge is -2.49. The molecule has 272 valence electrons. The first-order valence-corrected chi connectivity index (χ1v) is 20.5. The smallest absolute Gasteiger partial charge is 0.162 e. The standard InChI is InChI=1S/C53H34N4S/c1-4-18-35(19-5-1)44-33-51(55-52(54-44)36-20-6-2-7-21-36)57-45-28-14-10-24-38(45)39-32-43-50(34-48(39)57)58-49-31-17-13-27-42(49)53(43)40-25-11-15-29-46(40)56(37-22-8-3-9-23-37)47-30-16-12-26-41(47)53/h1-34H. The van der Waals surface area contributed by atoms with E-state index in [9.17, 15) is 0 Å². The van der Waals surface area contributed by atoms with Gasteiger partial charge in [-0.05, 0) is 70.8 Å². The molecular formula is C53H34N4S. The first-order chi connectivity index (χ1) is 28.8. The van der Waals surface area contributed by atoms with Crippen molar-refractivity contribution in [3.63, 3.8) is 0 Å². The Hall–Kier alpha value is -7.21. The van der Waals surface area contributed by atoms with Crippen molar-refractivity contribution in [2.45, 2.75) is 15.2 Å². The molecule has 2 aromatic heterocycles. The highest BCUT2D eigenvalue weighted by Crippen LogP contribution is 2.63. The number of hydrogen-bond acceptors (Lipinski definition) is 4. The zero-order valence-electron chi connectivity index (χ0n) is 31.3. The van der Waals surface area contributed by atoms with Crippen molar-refractivity contribution in [3.05, 3.63) is 229 Å². The molecule has 0 fully saturated rings. The maximum Gasteiger partial charge on any atom is 0.162 e. The Balaban J connectivity index is 1.18. The summed E-state index contributed by atoms with van der Waals surface area (Å²) in [5.74, 6) is 1.53. The quantitative estimate of drug-likeness (QED) is 0.179. The average Bonchev–Trinajstić information content (AvgIpc) is 3.62. The molecular weight excluding hydrogens is 725 g/mol. The largest absolute Gasteiger partial charge is 0.310 e. The van der Waals surface area contributed by atoms with E-state index in [0.717, 1.165) is 39.4 Å². The minimum atomic E-state index is -0.580. The lowest BCUT2D eigenvalue weighted by atomic mass is 9.62. The van der Waals surface area contributed by atoms with Crippen molar-refractivity contribution in [1.29, 1.82) is 0 Å². The van der Waals surface area contributed by atoms with E-state index >= 15 is 0 Å². The SMILES string of the molecule is c1ccc(-c2cc(-n3c4ccccc4c4cc5c(cc43)Sc3ccccc3C53c4ccccc4N(c4ccccc4)c4ccccc43)nc(-c3ccccc3)n2)cc1. The van der Waals surface area contributed by atoms with Crippen molar-refractivity contribution in [2.24, 2.45) is 0 Å². The normalized spacial score (nSPS) is 13.6. The van der Waals surface area contributed by atoms with Crippen molar-refractivity contribution >= 4 is 50.6 Å². The Kier molecular flexibility index (Phi) is 7.34. The Bertz CT molecular complexity index is 3110. The van der Waals surface area contributed by atoms with Crippen LogP contribution in [0.25, 0.3) is 50.3 Å². The molecule has 1 spiro atoms. The van der Waals surface area contributed by atoms with Gasteiger partial charge in [-0.15, -0.1) is 0 Å². The third-order valence-corrected chi connectivity index (χ3v) is 13.0. The van der Waals surface area contributed by atoms with Gasteiger partial charge in [-0.25, -0.2) is 9.97 Å². The third kappa shape index (κ3) is 4.77. The summed E-state index contributed by atoms with van der Waals surface area (Å²) < 4.78 is 2.35. The van der Waals surface area contributed by atoms with Crippen LogP contribution in [0.5, 0.6) is 0 Å². The highest BCUT2D eigenvalue weighted by atomic mass is 32.2. The van der Waals surface area contributed by atoms with E-state index < -0.39 is 5.41 Å². The van der Waals surface area contributed by atoms with Crippen LogP contribution in [0.3, 0.4) is 0 Å². The monoisotopic (exact) mass is 758 g/mol. The summed E-state index contributed by atoms with van der Waals surface area (Å²) in [5.41, 5.74) is 13.2. The van der Waals surface area contributed by atoms with Crippen molar-refractivity contribution in [3.8, 4) is 28.5 Å². The first-order valence-electron chi connectivity index (χ1n) is 19.7. The number of para-hydroxylation sites is 4. The molecule has 0 saturated heterocycles. The Morgan fingerprint density at radius 2 is 1.00 bits per heavy atom. The summed E-state index contributed by atoms with van der Waals surface area (Å²) in [6.07, 6.45) is 0. The molecule has 0 atom stereocenters. The Morgan fingerprint density at radius 3 is 1.72 bits per heavy atom. The van der Waals surface area contributed by atoms with Crippen molar-refractivity contribution in [1.82, 2.24) is 14.5 Å². The summed E-state index contributed by atoms with van der Waals surface area (Å²) in [6.45, 7) is 0. The molecule has 4 nitrogen and oxygen atoms in total. The van der Waals surface area contributed by atoms with Gasteiger partial charge in [0.15, 0.2) is 5.82 Å². The van der Waals surface area contributed by atoms with E-state index in [1.54, 1.807) is 0 Å². The van der Waals surface area contributed by atoms with Crippen LogP contribution in [0.1, 0.15) is 22.3 Å². The molecule has 5 heteroatoms. The van der Waals surface area contributed by atoms with Gasteiger partial charge in [0.1, 0.15) is 5.82 Å². The Labute approximate surface area is 340 Å². The molecule has 0 radical (unpaired) electrons. The van der Waals surface area contributed by atoms with Gasteiger partial charge < -0.3 is 4.90 Å². The fourth-order valence-electron chi connectivity index (χ4n) is 9.45. The van der Waals surface area contributed by atoms with Gasteiger partial charge in [-0.2, -0.15) is 0 Å². The molecule has 0 N–H and O–H groups in total. The van der Waals surface area contributed by atoms with E-state index in [1.165, 1.54) is 54.2 Å². The van der Waals surface area contributed by atoms with Crippen LogP contribution in [0.2, 0.25) is 0 Å². The predicted octanol–water partition coefficient (Wildman–Crippen LogP) is 13.5. The molecule has 2 aliphatic rings. The van der Waals surface area contributed by atoms with Crippen LogP contribution < -0.4 is 4.90 Å². The number of fused-ring (bicyclic) bond motifs is 11. The molecule has 0 saturated carbocycles. The Morgan fingerprint density at radius 1 is 0.414 bits per heavy atom. The van der Waals surface area contributed by atoms with Gasteiger partial charge in [-0.3, -0.25) is 4.57 Å². The molecule has 8 aromatic carbocycles. The molecule has 12 rings (SSSR count). The van der Waals surface area contributed by atoms with Crippen LogP contribution in [0, 0.1) is 0 Å². The summed E-state index contributed by atoms with van der Waals surface area (Å²) in [7, 11) is 0. The zero-order valence-corrected chi connectivity index (χ0v) is 32.1.